The first kappa shape index (κ1) is 13.0. The van der Waals surface area contributed by atoms with Crippen LogP contribution in [0.2, 0.25) is 0 Å². The van der Waals surface area contributed by atoms with E-state index >= 15 is 0 Å². The van der Waals surface area contributed by atoms with Crippen molar-refractivity contribution in [2.75, 3.05) is 6.54 Å². The van der Waals surface area contributed by atoms with Gasteiger partial charge in [0.05, 0.1) is 5.60 Å². The van der Waals surface area contributed by atoms with Gasteiger partial charge in [-0.2, -0.15) is 0 Å². The minimum absolute atomic E-state index is 0.351. The number of nitrogens with one attached hydrogen (secondary N) is 1. The maximum Gasteiger partial charge on any atom is 0.0649 e. The van der Waals surface area contributed by atoms with Crippen LogP contribution >= 0.6 is 0 Å². The molecule has 1 aliphatic carbocycles. The Morgan fingerprint density at radius 2 is 1.93 bits per heavy atom. The molecular formula is C13H27NO. The third-order valence-electron chi connectivity index (χ3n) is 3.60. The summed E-state index contributed by atoms with van der Waals surface area (Å²) in [7, 11) is 0. The predicted molar refractivity (Wildman–Crippen MR) is 65.0 cm³/mol. The van der Waals surface area contributed by atoms with Gasteiger partial charge in [0.25, 0.3) is 0 Å². The zero-order valence-corrected chi connectivity index (χ0v) is 10.6. The monoisotopic (exact) mass is 213 g/mol. The number of hydrogen-bond donors (Lipinski definition) is 2. The fourth-order valence-corrected chi connectivity index (χ4v) is 2.46. The SMILES string of the molecule is CCNC1CCC(O)(CCC(C)C)CC1. The molecule has 0 radical (unpaired) electrons. The summed E-state index contributed by atoms with van der Waals surface area (Å²) >= 11 is 0. The van der Waals surface area contributed by atoms with E-state index < -0.39 is 0 Å². The van der Waals surface area contributed by atoms with E-state index in [4.69, 9.17) is 0 Å². The Labute approximate surface area is 94.5 Å². The summed E-state index contributed by atoms with van der Waals surface area (Å²) in [4.78, 5) is 0. The average Bonchev–Trinajstić information content (AvgIpc) is 2.20. The summed E-state index contributed by atoms with van der Waals surface area (Å²) in [6.45, 7) is 7.66. The highest BCUT2D eigenvalue weighted by molar-refractivity contribution is 4.88. The number of aliphatic hydroxyl groups is 1. The van der Waals surface area contributed by atoms with Crippen molar-refractivity contribution in [3.63, 3.8) is 0 Å². The lowest BCUT2D eigenvalue weighted by Crippen LogP contribution is -2.41. The van der Waals surface area contributed by atoms with E-state index in [2.05, 4.69) is 26.1 Å². The van der Waals surface area contributed by atoms with Gasteiger partial charge in [0.1, 0.15) is 0 Å². The first-order valence-corrected chi connectivity index (χ1v) is 6.51. The van der Waals surface area contributed by atoms with Gasteiger partial charge in [0.15, 0.2) is 0 Å². The van der Waals surface area contributed by atoms with Crippen LogP contribution in [0.25, 0.3) is 0 Å². The first-order chi connectivity index (χ1) is 7.06. The van der Waals surface area contributed by atoms with E-state index in [0.717, 1.165) is 45.1 Å². The van der Waals surface area contributed by atoms with Crippen molar-refractivity contribution >= 4 is 0 Å². The quantitative estimate of drug-likeness (QED) is 0.736. The average molecular weight is 213 g/mol. The molecule has 1 rings (SSSR count). The largest absolute Gasteiger partial charge is 0.390 e. The highest BCUT2D eigenvalue weighted by Crippen LogP contribution is 2.33. The van der Waals surface area contributed by atoms with Gasteiger partial charge in [0.2, 0.25) is 0 Å². The van der Waals surface area contributed by atoms with Crippen LogP contribution in [0, 0.1) is 5.92 Å². The highest BCUT2D eigenvalue weighted by atomic mass is 16.3. The molecule has 2 nitrogen and oxygen atoms in total. The molecular weight excluding hydrogens is 186 g/mol. The molecule has 0 spiro atoms. The minimum Gasteiger partial charge on any atom is -0.390 e. The van der Waals surface area contributed by atoms with Gasteiger partial charge < -0.3 is 10.4 Å². The minimum atomic E-state index is -0.351. The molecule has 1 aliphatic rings. The zero-order valence-electron chi connectivity index (χ0n) is 10.6. The third kappa shape index (κ3) is 4.52. The molecule has 0 aromatic carbocycles. The van der Waals surface area contributed by atoms with Gasteiger partial charge in [-0.15, -0.1) is 0 Å². The van der Waals surface area contributed by atoms with Gasteiger partial charge >= 0.3 is 0 Å². The summed E-state index contributed by atoms with van der Waals surface area (Å²) in [5.41, 5.74) is -0.351. The number of hydrogen-bond acceptors (Lipinski definition) is 2. The van der Waals surface area contributed by atoms with Crippen molar-refractivity contribution in [3.8, 4) is 0 Å². The summed E-state index contributed by atoms with van der Waals surface area (Å²) in [6, 6.07) is 0.648. The summed E-state index contributed by atoms with van der Waals surface area (Å²) < 4.78 is 0. The Hall–Kier alpha value is -0.0800. The Morgan fingerprint density at radius 1 is 1.33 bits per heavy atom. The van der Waals surface area contributed by atoms with Crippen LogP contribution in [-0.2, 0) is 0 Å². The van der Waals surface area contributed by atoms with Crippen LogP contribution in [0.1, 0.15) is 59.3 Å². The molecule has 0 aromatic rings. The summed E-state index contributed by atoms with van der Waals surface area (Å²) in [5, 5.41) is 13.9. The fraction of sp³-hybridized carbons (Fsp3) is 1.00. The molecule has 0 saturated heterocycles. The maximum atomic E-state index is 10.4. The lowest BCUT2D eigenvalue weighted by molar-refractivity contribution is -0.0148. The van der Waals surface area contributed by atoms with Crippen LogP contribution < -0.4 is 5.32 Å². The van der Waals surface area contributed by atoms with Gasteiger partial charge in [-0.25, -0.2) is 0 Å². The molecule has 1 fully saturated rings. The molecule has 0 bridgehead atoms. The van der Waals surface area contributed by atoms with E-state index in [0.29, 0.717) is 12.0 Å². The van der Waals surface area contributed by atoms with Crippen molar-refractivity contribution in [1.82, 2.24) is 5.32 Å². The lowest BCUT2D eigenvalue weighted by Gasteiger charge is -2.36. The molecule has 0 heterocycles. The first-order valence-electron chi connectivity index (χ1n) is 6.51. The second kappa shape index (κ2) is 5.86. The van der Waals surface area contributed by atoms with Crippen molar-refractivity contribution < 1.29 is 5.11 Å². The maximum absolute atomic E-state index is 10.4. The van der Waals surface area contributed by atoms with Crippen molar-refractivity contribution in [3.05, 3.63) is 0 Å². The van der Waals surface area contributed by atoms with Crippen LogP contribution in [-0.4, -0.2) is 23.3 Å². The Morgan fingerprint density at radius 3 is 2.40 bits per heavy atom. The summed E-state index contributed by atoms with van der Waals surface area (Å²) in [6.07, 6.45) is 6.39. The second-order valence-electron chi connectivity index (χ2n) is 5.49. The van der Waals surface area contributed by atoms with Gasteiger partial charge in [0, 0.05) is 6.04 Å². The molecule has 1 saturated carbocycles. The van der Waals surface area contributed by atoms with Crippen LogP contribution in [0.3, 0.4) is 0 Å². The normalized spacial score (nSPS) is 32.2. The van der Waals surface area contributed by atoms with E-state index in [1.807, 2.05) is 0 Å². The van der Waals surface area contributed by atoms with Gasteiger partial charge in [-0.3, -0.25) is 0 Å². The Kier molecular flexibility index (Phi) is 5.07. The van der Waals surface area contributed by atoms with E-state index in [1.165, 1.54) is 0 Å². The molecule has 2 heteroatoms. The molecule has 15 heavy (non-hydrogen) atoms. The Balaban J connectivity index is 2.27. The molecule has 0 amide bonds. The van der Waals surface area contributed by atoms with Crippen LogP contribution in [0.15, 0.2) is 0 Å². The molecule has 0 unspecified atom stereocenters. The topological polar surface area (TPSA) is 32.3 Å². The van der Waals surface area contributed by atoms with Crippen LogP contribution in [0.5, 0.6) is 0 Å². The lowest BCUT2D eigenvalue weighted by atomic mass is 9.78. The predicted octanol–water partition coefficient (Wildman–Crippen LogP) is 2.71. The fourth-order valence-electron chi connectivity index (χ4n) is 2.46. The van der Waals surface area contributed by atoms with E-state index in [9.17, 15) is 5.11 Å². The van der Waals surface area contributed by atoms with Gasteiger partial charge in [-0.1, -0.05) is 20.8 Å². The molecule has 0 aromatic heterocycles. The van der Waals surface area contributed by atoms with E-state index in [-0.39, 0.29) is 5.60 Å². The van der Waals surface area contributed by atoms with Gasteiger partial charge in [-0.05, 0) is 51.0 Å². The second-order valence-corrected chi connectivity index (χ2v) is 5.49. The molecule has 2 N–H and O–H groups in total. The van der Waals surface area contributed by atoms with Crippen molar-refractivity contribution in [2.24, 2.45) is 5.92 Å². The smallest absolute Gasteiger partial charge is 0.0649 e. The number of rotatable bonds is 5. The molecule has 0 atom stereocenters. The zero-order chi connectivity index (χ0) is 11.3. The van der Waals surface area contributed by atoms with Crippen molar-refractivity contribution in [1.29, 1.82) is 0 Å². The standard InChI is InChI=1S/C13H27NO/c1-4-14-12-6-9-13(15,10-7-12)8-5-11(2)3/h11-12,14-15H,4-10H2,1-3H3. The molecule has 0 aliphatic heterocycles. The Bertz CT molecular complexity index is 171. The van der Waals surface area contributed by atoms with E-state index in [1.54, 1.807) is 0 Å². The highest BCUT2D eigenvalue weighted by Gasteiger charge is 2.32. The van der Waals surface area contributed by atoms with Crippen LogP contribution in [0.4, 0.5) is 0 Å². The third-order valence-corrected chi connectivity index (χ3v) is 3.60. The van der Waals surface area contributed by atoms with Crippen molar-refractivity contribution in [2.45, 2.75) is 70.9 Å². The summed E-state index contributed by atoms with van der Waals surface area (Å²) in [5.74, 6) is 0.709. The molecule has 90 valence electrons.